The molecule has 3 aliphatic rings. The van der Waals surface area contributed by atoms with Crippen LogP contribution in [0.15, 0.2) is 0 Å². The zero-order chi connectivity index (χ0) is 9.54. The minimum Gasteiger partial charge on any atom is -0.392 e. The maximum absolute atomic E-state index is 9.76. The molecular formula is C12H21NO. The highest BCUT2D eigenvalue weighted by atomic mass is 16.3. The average molecular weight is 195 g/mol. The largest absolute Gasteiger partial charge is 0.392 e. The Labute approximate surface area is 86.1 Å². The van der Waals surface area contributed by atoms with Crippen molar-refractivity contribution < 1.29 is 5.11 Å². The van der Waals surface area contributed by atoms with Gasteiger partial charge in [-0.25, -0.2) is 0 Å². The normalized spacial score (nSPS) is 51.6. The fraction of sp³-hybridized carbons (Fsp3) is 1.00. The summed E-state index contributed by atoms with van der Waals surface area (Å²) in [7, 11) is 0. The van der Waals surface area contributed by atoms with Crippen LogP contribution in [0.4, 0.5) is 0 Å². The van der Waals surface area contributed by atoms with Crippen LogP contribution in [0.5, 0.6) is 0 Å². The molecule has 3 fully saturated rings. The summed E-state index contributed by atoms with van der Waals surface area (Å²) in [5.41, 5.74) is 0. The van der Waals surface area contributed by atoms with Crippen LogP contribution in [0.1, 0.15) is 44.9 Å². The molecule has 3 unspecified atom stereocenters. The molecule has 80 valence electrons. The lowest BCUT2D eigenvalue weighted by Crippen LogP contribution is -2.44. The summed E-state index contributed by atoms with van der Waals surface area (Å²) in [4.78, 5) is 0. The summed E-state index contributed by atoms with van der Waals surface area (Å²) in [5, 5.41) is 13.5. The van der Waals surface area contributed by atoms with Crippen molar-refractivity contribution in [1.29, 1.82) is 0 Å². The highest BCUT2D eigenvalue weighted by Crippen LogP contribution is 2.49. The molecule has 5 atom stereocenters. The Kier molecular flexibility index (Phi) is 2.29. The summed E-state index contributed by atoms with van der Waals surface area (Å²) >= 11 is 0. The molecule has 0 aliphatic heterocycles. The molecule has 0 radical (unpaired) electrons. The van der Waals surface area contributed by atoms with Gasteiger partial charge >= 0.3 is 0 Å². The first kappa shape index (κ1) is 9.17. The standard InChI is InChI=1S/C12H21NO/c14-12-6-2-5-11(12)13-10-4-1-3-8-7-9(8)10/h8-14H,1-7H2/t8-,9+,10?,11?,12?/m1/s1. The van der Waals surface area contributed by atoms with E-state index in [1.54, 1.807) is 0 Å². The van der Waals surface area contributed by atoms with E-state index in [1.807, 2.05) is 0 Å². The van der Waals surface area contributed by atoms with Crippen molar-refractivity contribution in [3.63, 3.8) is 0 Å². The highest BCUT2D eigenvalue weighted by Gasteiger charge is 2.46. The van der Waals surface area contributed by atoms with Gasteiger partial charge in [0.15, 0.2) is 0 Å². The molecule has 0 bridgehead atoms. The third kappa shape index (κ3) is 1.59. The molecule has 3 saturated carbocycles. The SMILES string of the molecule is OC1CCCC1NC1CCC[C@@H]2C[C@H]12. The minimum atomic E-state index is -0.0610. The molecule has 14 heavy (non-hydrogen) atoms. The second-order valence-electron chi connectivity index (χ2n) is 5.47. The Morgan fingerprint density at radius 3 is 2.50 bits per heavy atom. The first-order valence-corrected chi connectivity index (χ1v) is 6.29. The van der Waals surface area contributed by atoms with E-state index < -0.39 is 0 Å². The lowest BCUT2D eigenvalue weighted by molar-refractivity contribution is 0.136. The topological polar surface area (TPSA) is 32.3 Å². The van der Waals surface area contributed by atoms with Crippen molar-refractivity contribution in [1.82, 2.24) is 5.32 Å². The van der Waals surface area contributed by atoms with E-state index in [4.69, 9.17) is 0 Å². The number of aliphatic hydroxyl groups is 1. The third-order valence-corrected chi connectivity index (χ3v) is 4.49. The molecular weight excluding hydrogens is 174 g/mol. The number of rotatable bonds is 2. The van der Waals surface area contributed by atoms with Crippen molar-refractivity contribution in [2.75, 3.05) is 0 Å². The molecule has 0 aromatic heterocycles. The lowest BCUT2D eigenvalue weighted by atomic mass is 9.94. The van der Waals surface area contributed by atoms with Crippen LogP contribution in [-0.2, 0) is 0 Å². The summed E-state index contributed by atoms with van der Waals surface area (Å²) in [6, 6.07) is 1.16. The van der Waals surface area contributed by atoms with Gasteiger partial charge in [-0.3, -0.25) is 0 Å². The van der Waals surface area contributed by atoms with Gasteiger partial charge in [-0.1, -0.05) is 12.8 Å². The van der Waals surface area contributed by atoms with Gasteiger partial charge in [-0.15, -0.1) is 0 Å². The Bertz CT molecular complexity index is 218. The van der Waals surface area contributed by atoms with Crippen molar-refractivity contribution >= 4 is 0 Å². The van der Waals surface area contributed by atoms with E-state index in [9.17, 15) is 5.11 Å². The van der Waals surface area contributed by atoms with Crippen LogP contribution >= 0.6 is 0 Å². The number of hydrogen-bond acceptors (Lipinski definition) is 2. The average Bonchev–Trinajstić information content (AvgIpc) is 2.87. The molecule has 0 aromatic carbocycles. The lowest BCUT2D eigenvalue weighted by Gasteiger charge is -2.27. The molecule has 3 rings (SSSR count). The van der Waals surface area contributed by atoms with Crippen LogP contribution in [-0.4, -0.2) is 23.3 Å². The number of fused-ring (bicyclic) bond motifs is 1. The van der Waals surface area contributed by atoms with Gasteiger partial charge in [0.25, 0.3) is 0 Å². The van der Waals surface area contributed by atoms with Crippen molar-refractivity contribution in [3.05, 3.63) is 0 Å². The molecule has 0 aromatic rings. The van der Waals surface area contributed by atoms with Gasteiger partial charge in [0.1, 0.15) is 0 Å². The predicted octanol–water partition coefficient (Wildman–Crippen LogP) is 1.68. The van der Waals surface area contributed by atoms with E-state index in [1.165, 1.54) is 38.5 Å². The molecule has 0 spiro atoms. The van der Waals surface area contributed by atoms with Gasteiger partial charge in [0.05, 0.1) is 6.10 Å². The highest BCUT2D eigenvalue weighted by molar-refractivity contribution is 5.00. The molecule has 2 heteroatoms. The molecule has 3 aliphatic carbocycles. The first-order valence-electron chi connectivity index (χ1n) is 6.29. The van der Waals surface area contributed by atoms with Crippen LogP contribution < -0.4 is 5.32 Å². The molecule has 0 heterocycles. The maximum atomic E-state index is 9.76. The number of hydrogen-bond donors (Lipinski definition) is 2. The Morgan fingerprint density at radius 2 is 1.71 bits per heavy atom. The first-order chi connectivity index (χ1) is 6.84. The van der Waals surface area contributed by atoms with Crippen LogP contribution in [0.3, 0.4) is 0 Å². The maximum Gasteiger partial charge on any atom is 0.0693 e. The van der Waals surface area contributed by atoms with Gasteiger partial charge in [0, 0.05) is 12.1 Å². The summed E-state index contributed by atoms with van der Waals surface area (Å²) in [6.45, 7) is 0. The van der Waals surface area contributed by atoms with E-state index in [-0.39, 0.29) is 6.10 Å². The van der Waals surface area contributed by atoms with E-state index in [0.29, 0.717) is 6.04 Å². The van der Waals surface area contributed by atoms with Crippen LogP contribution in [0, 0.1) is 11.8 Å². The van der Waals surface area contributed by atoms with Crippen molar-refractivity contribution in [2.24, 2.45) is 11.8 Å². The molecule has 2 nitrogen and oxygen atoms in total. The minimum absolute atomic E-state index is 0.0610. The van der Waals surface area contributed by atoms with Gasteiger partial charge in [-0.2, -0.15) is 0 Å². The van der Waals surface area contributed by atoms with Crippen LogP contribution in [0.25, 0.3) is 0 Å². The quantitative estimate of drug-likeness (QED) is 0.702. The van der Waals surface area contributed by atoms with Gasteiger partial charge < -0.3 is 10.4 Å². The zero-order valence-electron chi connectivity index (χ0n) is 8.78. The summed E-state index contributed by atoms with van der Waals surface area (Å²) < 4.78 is 0. The summed E-state index contributed by atoms with van der Waals surface area (Å²) in [5.74, 6) is 2.01. The predicted molar refractivity (Wildman–Crippen MR) is 56.0 cm³/mol. The van der Waals surface area contributed by atoms with E-state index in [2.05, 4.69) is 5.32 Å². The molecule has 2 N–H and O–H groups in total. The second kappa shape index (κ2) is 3.49. The monoisotopic (exact) mass is 195 g/mol. The number of aliphatic hydroxyl groups excluding tert-OH is 1. The fourth-order valence-electron chi connectivity index (χ4n) is 3.53. The van der Waals surface area contributed by atoms with Crippen LogP contribution in [0.2, 0.25) is 0 Å². The third-order valence-electron chi connectivity index (χ3n) is 4.49. The van der Waals surface area contributed by atoms with Crippen molar-refractivity contribution in [2.45, 2.75) is 63.1 Å². The molecule has 0 amide bonds. The smallest absolute Gasteiger partial charge is 0.0693 e. The summed E-state index contributed by atoms with van der Waals surface area (Å²) in [6.07, 6.45) is 9.03. The zero-order valence-corrected chi connectivity index (χ0v) is 8.78. The Balaban J connectivity index is 1.56. The Hall–Kier alpha value is -0.0800. The Morgan fingerprint density at radius 1 is 0.929 bits per heavy atom. The van der Waals surface area contributed by atoms with Gasteiger partial charge in [-0.05, 0) is 43.9 Å². The van der Waals surface area contributed by atoms with Gasteiger partial charge in [0.2, 0.25) is 0 Å². The fourth-order valence-corrected chi connectivity index (χ4v) is 3.53. The van der Waals surface area contributed by atoms with E-state index in [0.717, 1.165) is 24.3 Å². The van der Waals surface area contributed by atoms with E-state index >= 15 is 0 Å². The second-order valence-corrected chi connectivity index (χ2v) is 5.47. The molecule has 0 saturated heterocycles. The van der Waals surface area contributed by atoms with Crippen molar-refractivity contribution in [3.8, 4) is 0 Å². The number of nitrogens with one attached hydrogen (secondary N) is 1.